The van der Waals surface area contributed by atoms with Gasteiger partial charge in [-0.1, -0.05) is 24.3 Å². The van der Waals surface area contributed by atoms with Crippen molar-refractivity contribution in [3.05, 3.63) is 41.3 Å². The zero-order valence-corrected chi connectivity index (χ0v) is 10.7. The highest BCUT2D eigenvalue weighted by Gasteiger charge is 2.27. The molecule has 1 aromatic carbocycles. The Hall–Kier alpha value is -2.01. The predicted molar refractivity (Wildman–Crippen MR) is 71.9 cm³/mol. The van der Waals surface area contributed by atoms with Crippen molar-refractivity contribution >= 4 is 5.82 Å². The molecule has 1 aromatic heterocycles. The number of benzene rings is 1. The molecular weight excluding hydrogens is 243 g/mol. The fraction of sp³-hybridized carbons (Fsp3) is 0.286. The second-order valence-corrected chi connectivity index (χ2v) is 4.80. The molecule has 1 saturated carbocycles. The number of anilines is 1. The molecular formula is C14H15FN4. The van der Waals surface area contributed by atoms with Gasteiger partial charge in [-0.25, -0.2) is 20.2 Å². The van der Waals surface area contributed by atoms with Gasteiger partial charge in [-0.3, -0.25) is 0 Å². The zero-order chi connectivity index (χ0) is 13.4. The van der Waals surface area contributed by atoms with Crippen LogP contribution >= 0.6 is 0 Å². The maximum atomic E-state index is 13.7. The lowest BCUT2D eigenvalue weighted by molar-refractivity contribution is 0.606. The van der Waals surface area contributed by atoms with Crippen LogP contribution in [0.2, 0.25) is 0 Å². The average molecular weight is 258 g/mol. The molecule has 0 saturated heterocycles. The Morgan fingerprint density at radius 3 is 2.68 bits per heavy atom. The minimum atomic E-state index is -0.504. The van der Waals surface area contributed by atoms with Gasteiger partial charge >= 0.3 is 0 Å². The van der Waals surface area contributed by atoms with E-state index in [4.69, 9.17) is 5.84 Å². The third-order valence-corrected chi connectivity index (χ3v) is 3.37. The van der Waals surface area contributed by atoms with Crippen molar-refractivity contribution in [2.24, 2.45) is 5.84 Å². The van der Waals surface area contributed by atoms with Crippen molar-refractivity contribution in [1.82, 2.24) is 9.97 Å². The van der Waals surface area contributed by atoms with Gasteiger partial charge in [0.1, 0.15) is 0 Å². The molecule has 0 unspecified atom stereocenters. The quantitative estimate of drug-likeness (QED) is 0.656. The Balaban J connectivity index is 2.14. The van der Waals surface area contributed by atoms with Gasteiger partial charge in [0, 0.05) is 5.56 Å². The van der Waals surface area contributed by atoms with Crippen LogP contribution in [0, 0.1) is 12.7 Å². The summed E-state index contributed by atoms with van der Waals surface area (Å²) >= 11 is 0. The third-order valence-electron chi connectivity index (χ3n) is 3.37. The second-order valence-electron chi connectivity index (χ2n) is 4.80. The van der Waals surface area contributed by atoms with Crippen LogP contribution in [0.1, 0.15) is 30.0 Å². The lowest BCUT2D eigenvalue weighted by atomic mass is 10.0. The number of hydrogen-bond acceptors (Lipinski definition) is 4. The van der Waals surface area contributed by atoms with Gasteiger partial charge in [0.15, 0.2) is 17.5 Å². The number of aryl methyl sites for hydroxylation is 1. The molecule has 0 amide bonds. The summed E-state index contributed by atoms with van der Waals surface area (Å²) in [7, 11) is 0. The van der Waals surface area contributed by atoms with E-state index in [2.05, 4.69) is 21.5 Å². The first-order valence-electron chi connectivity index (χ1n) is 6.30. The number of hydrogen-bond donors (Lipinski definition) is 2. The molecule has 4 nitrogen and oxygen atoms in total. The standard InChI is InChI=1S/C14H15FN4/c1-8-12(15)14(19-16)18-13(17-8)11-5-3-2-4-10(11)9-6-7-9/h2-5,9H,6-7,16H2,1H3,(H,17,18,19). The van der Waals surface area contributed by atoms with Crippen LogP contribution in [0.4, 0.5) is 10.2 Å². The van der Waals surface area contributed by atoms with E-state index in [-0.39, 0.29) is 5.82 Å². The Morgan fingerprint density at radius 2 is 2.00 bits per heavy atom. The first kappa shape index (κ1) is 12.0. The van der Waals surface area contributed by atoms with E-state index in [1.54, 1.807) is 6.92 Å². The minimum absolute atomic E-state index is 0.0353. The molecule has 0 aliphatic heterocycles. The van der Waals surface area contributed by atoms with Crippen molar-refractivity contribution in [3.8, 4) is 11.4 Å². The van der Waals surface area contributed by atoms with Crippen LogP contribution in [-0.2, 0) is 0 Å². The van der Waals surface area contributed by atoms with E-state index < -0.39 is 5.82 Å². The van der Waals surface area contributed by atoms with E-state index in [1.165, 1.54) is 18.4 Å². The molecule has 1 aliphatic carbocycles. The smallest absolute Gasteiger partial charge is 0.187 e. The molecule has 0 atom stereocenters. The van der Waals surface area contributed by atoms with Crippen LogP contribution in [0.15, 0.2) is 24.3 Å². The number of rotatable bonds is 3. The summed E-state index contributed by atoms with van der Waals surface area (Å²) < 4.78 is 13.7. The van der Waals surface area contributed by atoms with E-state index in [0.717, 1.165) is 5.56 Å². The molecule has 1 aliphatic rings. The molecule has 2 aromatic rings. The van der Waals surface area contributed by atoms with E-state index in [9.17, 15) is 4.39 Å². The summed E-state index contributed by atoms with van der Waals surface area (Å²) in [5.74, 6) is 5.93. The summed E-state index contributed by atoms with van der Waals surface area (Å²) in [4.78, 5) is 8.41. The van der Waals surface area contributed by atoms with Crippen LogP contribution in [0.25, 0.3) is 11.4 Å². The summed E-state index contributed by atoms with van der Waals surface area (Å²) in [5.41, 5.74) is 4.77. The van der Waals surface area contributed by atoms with Crippen LogP contribution < -0.4 is 11.3 Å². The highest BCUT2D eigenvalue weighted by Crippen LogP contribution is 2.43. The average Bonchev–Trinajstić information content (AvgIpc) is 3.26. The van der Waals surface area contributed by atoms with Crippen molar-refractivity contribution in [2.45, 2.75) is 25.7 Å². The number of nitrogens with two attached hydrogens (primary N) is 1. The molecule has 0 spiro atoms. The van der Waals surface area contributed by atoms with Gasteiger partial charge in [0.2, 0.25) is 0 Å². The Morgan fingerprint density at radius 1 is 1.26 bits per heavy atom. The monoisotopic (exact) mass is 258 g/mol. The number of halogens is 1. The molecule has 3 rings (SSSR count). The van der Waals surface area contributed by atoms with Gasteiger partial charge in [-0.2, -0.15) is 0 Å². The van der Waals surface area contributed by atoms with Crippen molar-refractivity contribution in [1.29, 1.82) is 0 Å². The maximum absolute atomic E-state index is 13.7. The van der Waals surface area contributed by atoms with E-state index in [0.29, 0.717) is 17.4 Å². The highest BCUT2D eigenvalue weighted by molar-refractivity contribution is 5.63. The lowest BCUT2D eigenvalue weighted by Gasteiger charge is -2.10. The van der Waals surface area contributed by atoms with Crippen LogP contribution in [0.3, 0.4) is 0 Å². The normalized spacial score (nSPS) is 14.5. The van der Waals surface area contributed by atoms with Crippen LogP contribution in [0.5, 0.6) is 0 Å². The van der Waals surface area contributed by atoms with E-state index in [1.807, 2.05) is 18.2 Å². The summed E-state index contributed by atoms with van der Waals surface area (Å²) in [6.45, 7) is 1.61. The largest absolute Gasteiger partial charge is 0.306 e. The lowest BCUT2D eigenvalue weighted by Crippen LogP contribution is -2.13. The summed E-state index contributed by atoms with van der Waals surface area (Å²) in [6.07, 6.45) is 2.39. The Bertz CT molecular complexity index is 623. The molecule has 1 fully saturated rings. The first-order valence-corrected chi connectivity index (χ1v) is 6.30. The molecule has 19 heavy (non-hydrogen) atoms. The SMILES string of the molecule is Cc1nc(-c2ccccc2C2CC2)nc(NN)c1F. The molecule has 3 N–H and O–H groups in total. The van der Waals surface area contributed by atoms with Crippen molar-refractivity contribution in [3.63, 3.8) is 0 Å². The number of hydrazine groups is 1. The van der Waals surface area contributed by atoms with Gasteiger partial charge < -0.3 is 5.43 Å². The number of nitrogens with zero attached hydrogens (tertiary/aromatic N) is 2. The number of nitrogen functional groups attached to an aromatic ring is 1. The van der Waals surface area contributed by atoms with Gasteiger partial charge in [0.05, 0.1) is 5.69 Å². The number of aromatic nitrogens is 2. The first-order chi connectivity index (χ1) is 9.20. The number of nitrogens with one attached hydrogen (secondary N) is 1. The molecule has 0 bridgehead atoms. The molecule has 98 valence electrons. The molecule has 1 heterocycles. The minimum Gasteiger partial charge on any atom is -0.306 e. The predicted octanol–water partition coefficient (Wildman–Crippen LogP) is 2.75. The van der Waals surface area contributed by atoms with Crippen molar-refractivity contribution < 1.29 is 4.39 Å². The maximum Gasteiger partial charge on any atom is 0.187 e. The Kier molecular flexibility index (Phi) is 2.91. The summed E-state index contributed by atoms with van der Waals surface area (Å²) in [5, 5.41) is 0. The van der Waals surface area contributed by atoms with Gasteiger partial charge in [0.25, 0.3) is 0 Å². The summed E-state index contributed by atoms with van der Waals surface area (Å²) in [6, 6.07) is 8.01. The molecule has 0 radical (unpaired) electrons. The fourth-order valence-corrected chi connectivity index (χ4v) is 2.23. The van der Waals surface area contributed by atoms with Crippen LogP contribution in [-0.4, -0.2) is 9.97 Å². The highest BCUT2D eigenvalue weighted by atomic mass is 19.1. The Labute approximate surface area is 110 Å². The van der Waals surface area contributed by atoms with E-state index >= 15 is 0 Å². The second kappa shape index (κ2) is 4.59. The topological polar surface area (TPSA) is 63.8 Å². The zero-order valence-electron chi connectivity index (χ0n) is 10.7. The van der Waals surface area contributed by atoms with Gasteiger partial charge in [-0.15, -0.1) is 0 Å². The third kappa shape index (κ3) is 2.17. The molecule has 5 heteroatoms. The van der Waals surface area contributed by atoms with Gasteiger partial charge in [-0.05, 0) is 31.2 Å². The fourth-order valence-electron chi connectivity index (χ4n) is 2.23. The van der Waals surface area contributed by atoms with Crippen molar-refractivity contribution in [2.75, 3.05) is 5.43 Å².